The highest BCUT2D eigenvalue weighted by Gasteiger charge is 1.98. The molecule has 64 valence electrons. The molecule has 0 aliphatic carbocycles. The predicted molar refractivity (Wildman–Crippen MR) is 47.1 cm³/mol. The summed E-state index contributed by atoms with van der Waals surface area (Å²) in [6.07, 6.45) is 0.575. The van der Waals surface area contributed by atoms with E-state index in [4.69, 9.17) is 10.5 Å². The van der Waals surface area contributed by atoms with Crippen LogP contribution in [0, 0.1) is 0 Å². The smallest absolute Gasteiger partial charge is 0.211 e. The summed E-state index contributed by atoms with van der Waals surface area (Å²) < 4.78 is 4.94. The Morgan fingerprint density at radius 2 is 2.33 bits per heavy atom. The maximum Gasteiger partial charge on any atom is 0.211 e. The first-order valence-electron chi connectivity index (χ1n) is 3.41. The van der Waals surface area contributed by atoms with E-state index in [9.17, 15) is 4.79 Å². The molecule has 0 fully saturated rings. The molecule has 0 heterocycles. The van der Waals surface area contributed by atoms with Crippen LogP contribution in [0.1, 0.15) is 0 Å². The lowest BCUT2D eigenvalue weighted by Gasteiger charge is -2.05. The van der Waals surface area contributed by atoms with Gasteiger partial charge in [-0.05, 0) is 12.1 Å². The zero-order valence-corrected chi connectivity index (χ0v) is 6.70. The van der Waals surface area contributed by atoms with Crippen LogP contribution in [0.4, 0.5) is 11.4 Å². The van der Waals surface area contributed by atoms with E-state index < -0.39 is 0 Å². The monoisotopic (exact) mass is 166 g/mol. The number of amides is 1. The van der Waals surface area contributed by atoms with E-state index in [2.05, 4.69) is 5.32 Å². The van der Waals surface area contributed by atoms with Crippen molar-refractivity contribution >= 4 is 17.8 Å². The molecule has 1 rings (SSSR count). The maximum atomic E-state index is 10.1. The predicted octanol–water partition coefficient (Wildman–Crippen LogP) is 0.846. The van der Waals surface area contributed by atoms with Crippen LogP contribution in [0.2, 0.25) is 0 Å². The molecule has 0 aromatic heterocycles. The second-order valence-corrected chi connectivity index (χ2v) is 2.22. The van der Waals surface area contributed by atoms with Gasteiger partial charge in [-0.25, -0.2) is 0 Å². The third-order valence-corrected chi connectivity index (χ3v) is 1.47. The number of anilines is 2. The van der Waals surface area contributed by atoms with Crippen molar-refractivity contribution in [2.24, 2.45) is 0 Å². The minimum absolute atomic E-state index is 0.517. The van der Waals surface area contributed by atoms with Gasteiger partial charge in [0.2, 0.25) is 6.41 Å². The molecule has 0 spiro atoms. The van der Waals surface area contributed by atoms with Crippen LogP contribution in [0.25, 0.3) is 0 Å². The summed E-state index contributed by atoms with van der Waals surface area (Å²) in [6.45, 7) is 0. The molecule has 3 N–H and O–H groups in total. The molecule has 0 aliphatic heterocycles. The highest BCUT2D eigenvalue weighted by molar-refractivity contribution is 5.80. The van der Waals surface area contributed by atoms with Gasteiger partial charge in [0.25, 0.3) is 0 Å². The highest BCUT2D eigenvalue weighted by Crippen LogP contribution is 2.23. The summed E-state index contributed by atoms with van der Waals surface area (Å²) >= 11 is 0. The van der Waals surface area contributed by atoms with Crippen molar-refractivity contribution in [3.8, 4) is 5.75 Å². The molecule has 12 heavy (non-hydrogen) atoms. The fourth-order valence-electron chi connectivity index (χ4n) is 0.851. The lowest BCUT2D eigenvalue weighted by molar-refractivity contribution is -0.105. The quantitative estimate of drug-likeness (QED) is 0.516. The maximum absolute atomic E-state index is 10.1. The number of carbonyl (C=O) groups is 1. The number of nitrogens with two attached hydrogens (primary N) is 1. The van der Waals surface area contributed by atoms with Gasteiger partial charge in [-0.2, -0.15) is 0 Å². The zero-order valence-electron chi connectivity index (χ0n) is 6.70. The molecule has 4 heteroatoms. The molecule has 1 aromatic rings. The number of nitrogen functional groups attached to an aromatic ring is 1. The SMILES string of the molecule is COc1ccc(N)c(NC=O)c1. The standard InChI is InChI=1S/C8H10N2O2/c1-12-6-2-3-7(9)8(4-6)10-5-11/h2-5H,9H2,1H3,(H,10,11). The number of benzene rings is 1. The van der Waals surface area contributed by atoms with Crippen molar-refractivity contribution in [3.05, 3.63) is 18.2 Å². The Hall–Kier alpha value is -1.71. The van der Waals surface area contributed by atoms with Crippen molar-refractivity contribution < 1.29 is 9.53 Å². The Labute approximate surface area is 70.3 Å². The van der Waals surface area contributed by atoms with Gasteiger partial charge in [0.05, 0.1) is 18.5 Å². The van der Waals surface area contributed by atoms with Crippen molar-refractivity contribution in [2.45, 2.75) is 0 Å². The number of carbonyl (C=O) groups excluding carboxylic acids is 1. The summed E-state index contributed by atoms with van der Waals surface area (Å²) in [7, 11) is 1.55. The van der Waals surface area contributed by atoms with E-state index in [0.29, 0.717) is 23.5 Å². The van der Waals surface area contributed by atoms with Crippen LogP contribution in [-0.2, 0) is 4.79 Å². The van der Waals surface area contributed by atoms with Crippen LogP contribution in [0.3, 0.4) is 0 Å². The first-order valence-corrected chi connectivity index (χ1v) is 3.41. The van der Waals surface area contributed by atoms with Gasteiger partial charge < -0.3 is 15.8 Å². The third-order valence-electron chi connectivity index (χ3n) is 1.47. The second kappa shape index (κ2) is 3.61. The fourth-order valence-corrected chi connectivity index (χ4v) is 0.851. The molecule has 0 saturated carbocycles. The van der Waals surface area contributed by atoms with Gasteiger partial charge in [0.15, 0.2) is 0 Å². The molecule has 4 nitrogen and oxygen atoms in total. The summed E-state index contributed by atoms with van der Waals surface area (Å²) in [6, 6.07) is 5.06. The van der Waals surface area contributed by atoms with Crippen LogP contribution in [-0.4, -0.2) is 13.5 Å². The molecule has 0 unspecified atom stereocenters. The summed E-state index contributed by atoms with van der Waals surface area (Å²) in [5, 5.41) is 2.46. The molecule has 1 amide bonds. The minimum atomic E-state index is 0.517. The van der Waals surface area contributed by atoms with Crippen LogP contribution < -0.4 is 15.8 Å². The van der Waals surface area contributed by atoms with Gasteiger partial charge in [-0.15, -0.1) is 0 Å². The van der Waals surface area contributed by atoms with E-state index in [1.165, 1.54) is 0 Å². The molecule has 1 aromatic carbocycles. The second-order valence-electron chi connectivity index (χ2n) is 2.22. The van der Waals surface area contributed by atoms with Gasteiger partial charge in [0, 0.05) is 6.07 Å². The summed E-state index contributed by atoms with van der Waals surface area (Å²) in [5.41, 5.74) is 6.63. The van der Waals surface area contributed by atoms with E-state index >= 15 is 0 Å². The lowest BCUT2D eigenvalue weighted by Crippen LogP contribution is -1.99. The van der Waals surface area contributed by atoms with Crippen LogP contribution >= 0.6 is 0 Å². The van der Waals surface area contributed by atoms with E-state index in [-0.39, 0.29) is 0 Å². The van der Waals surface area contributed by atoms with Crippen LogP contribution in [0.5, 0.6) is 5.75 Å². The first-order chi connectivity index (χ1) is 5.77. The lowest BCUT2D eigenvalue weighted by atomic mass is 10.2. The van der Waals surface area contributed by atoms with Gasteiger partial charge in [0.1, 0.15) is 5.75 Å². The van der Waals surface area contributed by atoms with E-state index in [0.717, 1.165) is 0 Å². The van der Waals surface area contributed by atoms with Gasteiger partial charge in [-0.3, -0.25) is 4.79 Å². The number of nitrogens with one attached hydrogen (secondary N) is 1. The number of methoxy groups -OCH3 is 1. The third kappa shape index (κ3) is 1.66. The number of rotatable bonds is 3. The van der Waals surface area contributed by atoms with Crippen LogP contribution in [0.15, 0.2) is 18.2 Å². The Kier molecular flexibility index (Phi) is 2.53. The van der Waals surface area contributed by atoms with E-state index in [1.807, 2.05) is 0 Å². The Morgan fingerprint density at radius 3 is 2.92 bits per heavy atom. The highest BCUT2D eigenvalue weighted by atomic mass is 16.5. The number of hydrogen-bond acceptors (Lipinski definition) is 3. The molecule has 0 saturated heterocycles. The average molecular weight is 166 g/mol. The molecule has 0 atom stereocenters. The number of ether oxygens (including phenoxy) is 1. The Balaban J connectivity index is 2.99. The molecule has 0 aliphatic rings. The normalized spacial score (nSPS) is 9.08. The summed E-state index contributed by atoms with van der Waals surface area (Å²) in [5.74, 6) is 0.661. The molecular weight excluding hydrogens is 156 g/mol. The molecular formula is C8H10N2O2. The first kappa shape index (κ1) is 8.39. The van der Waals surface area contributed by atoms with Gasteiger partial charge >= 0.3 is 0 Å². The Morgan fingerprint density at radius 1 is 1.58 bits per heavy atom. The average Bonchev–Trinajstić information content (AvgIpc) is 2.09. The largest absolute Gasteiger partial charge is 0.497 e. The number of hydrogen-bond donors (Lipinski definition) is 2. The minimum Gasteiger partial charge on any atom is -0.497 e. The van der Waals surface area contributed by atoms with Crippen molar-refractivity contribution in [3.63, 3.8) is 0 Å². The van der Waals surface area contributed by atoms with Crippen molar-refractivity contribution in [1.82, 2.24) is 0 Å². The van der Waals surface area contributed by atoms with E-state index in [1.54, 1.807) is 25.3 Å². The van der Waals surface area contributed by atoms with Crippen molar-refractivity contribution in [1.29, 1.82) is 0 Å². The van der Waals surface area contributed by atoms with Crippen molar-refractivity contribution in [2.75, 3.05) is 18.2 Å². The van der Waals surface area contributed by atoms with Gasteiger partial charge in [-0.1, -0.05) is 0 Å². The topological polar surface area (TPSA) is 64.3 Å². The molecule has 0 radical (unpaired) electrons. The summed E-state index contributed by atoms with van der Waals surface area (Å²) in [4.78, 5) is 10.1. The fraction of sp³-hybridized carbons (Fsp3) is 0.125. The zero-order chi connectivity index (χ0) is 8.97. The molecule has 0 bridgehead atoms. The Bertz CT molecular complexity index is 286.